The molecule has 5 heteroatoms. The van der Waals surface area contributed by atoms with Crippen molar-refractivity contribution >= 4 is 11.9 Å². The summed E-state index contributed by atoms with van der Waals surface area (Å²) in [5, 5.41) is 12.2. The minimum Gasteiger partial charge on any atom is -0.480 e. The Balaban J connectivity index is 2.81. The van der Waals surface area contributed by atoms with Crippen LogP contribution in [-0.2, 0) is 9.59 Å². The van der Waals surface area contributed by atoms with Gasteiger partial charge in [-0.2, -0.15) is 0 Å². The molecule has 0 aromatic carbocycles. The normalized spacial score (nSPS) is 23.0. The van der Waals surface area contributed by atoms with Gasteiger partial charge < -0.3 is 15.3 Å². The summed E-state index contributed by atoms with van der Waals surface area (Å²) in [5.41, 5.74) is -0.515. The standard InChI is InChI=1S/C13H24N2O3/c1-3-6-13(7-5-8-14-13)12(18)15(9-4-2)10-11(16)17/h14H,3-10H2,1-2H3,(H,16,17). The number of hydrogen-bond donors (Lipinski definition) is 2. The van der Waals surface area contributed by atoms with Crippen molar-refractivity contribution in [1.82, 2.24) is 10.2 Å². The summed E-state index contributed by atoms with van der Waals surface area (Å²) in [6, 6.07) is 0. The van der Waals surface area contributed by atoms with Crippen LogP contribution in [0.15, 0.2) is 0 Å². The highest BCUT2D eigenvalue weighted by molar-refractivity contribution is 5.89. The highest BCUT2D eigenvalue weighted by Crippen LogP contribution is 2.27. The van der Waals surface area contributed by atoms with E-state index < -0.39 is 11.5 Å². The quantitative estimate of drug-likeness (QED) is 0.719. The van der Waals surface area contributed by atoms with E-state index in [0.29, 0.717) is 6.54 Å². The first-order valence-corrected chi connectivity index (χ1v) is 6.82. The Morgan fingerprint density at radius 3 is 2.50 bits per heavy atom. The molecule has 1 atom stereocenters. The van der Waals surface area contributed by atoms with Gasteiger partial charge in [0.05, 0.1) is 5.54 Å². The van der Waals surface area contributed by atoms with Crippen molar-refractivity contribution < 1.29 is 14.7 Å². The SMILES string of the molecule is CCCN(CC(=O)O)C(=O)C1(CCC)CCCN1. The fourth-order valence-corrected chi connectivity index (χ4v) is 2.72. The molecular weight excluding hydrogens is 232 g/mol. The van der Waals surface area contributed by atoms with Gasteiger partial charge in [-0.25, -0.2) is 0 Å². The smallest absolute Gasteiger partial charge is 0.323 e. The van der Waals surface area contributed by atoms with E-state index in [-0.39, 0.29) is 12.5 Å². The van der Waals surface area contributed by atoms with Crippen molar-refractivity contribution in [3.05, 3.63) is 0 Å². The fraction of sp³-hybridized carbons (Fsp3) is 0.846. The maximum absolute atomic E-state index is 12.6. The van der Waals surface area contributed by atoms with E-state index in [0.717, 1.165) is 38.6 Å². The van der Waals surface area contributed by atoms with E-state index in [9.17, 15) is 9.59 Å². The number of nitrogens with zero attached hydrogens (tertiary/aromatic N) is 1. The van der Waals surface area contributed by atoms with Crippen LogP contribution in [0.5, 0.6) is 0 Å². The summed E-state index contributed by atoms with van der Waals surface area (Å²) in [5.74, 6) is -0.979. The Kier molecular flexibility index (Phi) is 5.59. The average molecular weight is 256 g/mol. The molecule has 0 aliphatic carbocycles. The van der Waals surface area contributed by atoms with Crippen molar-refractivity contribution in [2.45, 2.75) is 51.5 Å². The lowest BCUT2D eigenvalue weighted by Crippen LogP contribution is -2.56. The van der Waals surface area contributed by atoms with E-state index in [1.807, 2.05) is 6.92 Å². The van der Waals surface area contributed by atoms with Crippen LogP contribution < -0.4 is 5.32 Å². The number of carboxylic acids is 1. The molecule has 0 bridgehead atoms. The maximum Gasteiger partial charge on any atom is 0.323 e. The van der Waals surface area contributed by atoms with Gasteiger partial charge >= 0.3 is 5.97 Å². The van der Waals surface area contributed by atoms with Crippen LogP contribution in [0.4, 0.5) is 0 Å². The summed E-state index contributed by atoms with van der Waals surface area (Å²) in [7, 11) is 0. The number of hydrogen-bond acceptors (Lipinski definition) is 3. The largest absolute Gasteiger partial charge is 0.480 e. The molecule has 1 saturated heterocycles. The molecule has 1 fully saturated rings. The average Bonchev–Trinajstić information content (AvgIpc) is 2.77. The second kappa shape index (κ2) is 6.73. The third kappa shape index (κ3) is 3.45. The van der Waals surface area contributed by atoms with Crippen LogP contribution >= 0.6 is 0 Å². The van der Waals surface area contributed by atoms with Gasteiger partial charge in [-0.15, -0.1) is 0 Å². The molecule has 5 nitrogen and oxygen atoms in total. The zero-order valence-electron chi connectivity index (χ0n) is 11.4. The van der Waals surface area contributed by atoms with Gasteiger partial charge in [-0.3, -0.25) is 9.59 Å². The molecule has 1 aliphatic heterocycles. The highest BCUT2D eigenvalue weighted by atomic mass is 16.4. The molecule has 0 radical (unpaired) electrons. The first-order chi connectivity index (χ1) is 8.55. The first-order valence-electron chi connectivity index (χ1n) is 6.82. The van der Waals surface area contributed by atoms with E-state index in [1.165, 1.54) is 4.90 Å². The Morgan fingerprint density at radius 1 is 1.33 bits per heavy atom. The predicted octanol–water partition coefficient (Wildman–Crippen LogP) is 1.23. The number of carbonyl (C=O) groups is 2. The third-order valence-corrected chi connectivity index (χ3v) is 3.44. The van der Waals surface area contributed by atoms with Crippen LogP contribution in [0.2, 0.25) is 0 Å². The third-order valence-electron chi connectivity index (χ3n) is 3.44. The fourth-order valence-electron chi connectivity index (χ4n) is 2.72. The Labute approximate surface area is 109 Å². The number of rotatable bonds is 7. The van der Waals surface area contributed by atoms with Gasteiger partial charge in [0.2, 0.25) is 5.91 Å². The molecule has 1 rings (SSSR count). The zero-order valence-corrected chi connectivity index (χ0v) is 11.4. The van der Waals surface area contributed by atoms with Gasteiger partial charge in [-0.05, 0) is 32.2 Å². The number of carboxylic acid groups (broad SMARTS) is 1. The van der Waals surface area contributed by atoms with Gasteiger partial charge in [0.15, 0.2) is 0 Å². The number of aliphatic carboxylic acids is 1. The molecule has 2 N–H and O–H groups in total. The molecule has 104 valence electrons. The second-order valence-electron chi connectivity index (χ2n) is 4.98. The summed E-state index contributed by atoms with van der Waals surface area (Å²) in [6.45, 7) is 5.17. The molecule has 0 aromatic rings. The van der Waals surface area contributed by atoms with Crippen molar-refractivity contribution in [2.75, 3.05) is 19.6 Å². The lowest BCUT2D eigenvalue weighted by Gasteiger charge is -2.33. The van der Waals surface area contributed by atoms with Gasteiger partial charge in [0.25, 0.3) is 0 Å². The molecule has 0 saturated carbocycles. The number of nitrogens with one attached hydrogen (secondary N) is 1. The molecular formula is C13H24N2O3. The zero-order chi connectivity index (χ0) is 13.6. The van der Waals surface area contributed by atoms with E-state index in [2.05, 4.69) is 12.2 Å². The minimum absolute atomic E-state index is 0.0360. The van der Waals surface area contributed by atoms with Crippen LogP contribution in [-0.4, -0.2) is 47.1 Å². The Hall–Kier alpha value is -1.10. The summed E-state index contributed by atoms with van der Waals surface area (Å²) >= 11 is 0. The van der Waals surface area contributed by atoms with Crippen LogP contribution in [0.3, 0.4) is 0 Å². The molecule has 1 heterocycles. The van der Waals surface area contributed by atoms with E-state index in [4.69, 9.17) is 5.11 Å². The molecule has 0 aromatic heterocycles. The number of carbonyl (C=O) groups excluding carboxylic acids is 1. The molecule has 1 aliphatic rings. The Morgan fingerprint density at radius 2 is 2.06 bits per heavy atom. The topological polar surface area (TPSA) is 69.6 Å². The maximum atomic E-state index is 12.6. The second-order valence-corrected chi connectivity index (χ2v) is 4.98. The summed E-state index contributed by atoms with van der Waals surface area (Å²) in [4.78, 5) is 24.9. The van der Waals surface area contributed by atoms with Crippen LogP contribution in [0.25, 0.3) is 0 Å². The van der Waals surface area contributed by atoms with Crippen LogP contribution in [0, 0.1) is 0 Å². The van der Waals surface area contributed by atoms with Gasteiger partial charge in [-0.1, -0.05) is 20.3 Å². The van der Waals surface area contributed by atoms with Gasteiger partial charge in [0.1, 0.15) is 6.54 Å². The molecule has 18 heavy (non-hydrogen) atoms. The van der Waals surface area contributed by atoms with Crippen molar-refractivity contribution in [2.24, 2.45) is 0 Å². The minimum atomic E-state index is -0.943. The summed E-state index contributed by atoms with van der Waals surface area (Å²) < 4.78 is 0. The predicted molar refractivity (Wildman–Crippen MR) is 69.4 cm³/mol. The molecule has 0 spiro atoms. The van der Waals surface area contributed by atoms with Crippen molar-refractivity contribution in [3.63, 3.8) is 0 Å². The van der Waals surface area contributed by atoms with Crippen molar-refractivity contribution in [1.29, 1.82) is 0 Å². The lowest BCUT2D eigenvalue weighted by molar-refractivity contribution is -0.147. The number of amides is 1. The molecule has 1 amide bonds. The van der Waals surface area contributed by atoms with Gasteiger partial charge in [0, 0.05) is 6.54 Å². The Bertz CT molecular complexity index is 299. The monoisotopic (exact) mass is 256 g/mol. The molecule has 1 unspecified atom stereocenters. The van der Waals surface area contributed by atoms with E-state index >= 15 is 0 Å². The summed E-state index contributed by atoms with van der Waals surface area (Å²) in [6.07, 6.45) is 4.29. The first kappa shape index (κ1) is 15.0. The van der Waals surface area contributed by atoms with E-state index in [1.54, 1.807) is 0 Å². The highest BCUT2D eigenvalue weighted by Gasteiger charge is 2.42. The lowest BCUT2D eigenvalue weighted by atomic mass is 9.90. The van der Waals surface area contributed by atoms with Crippen molar-refractivity contribution in [3.8, 4) is 0 Å². The van der Waals surface area contributed by atoms with Crippen LogP contribution in [0.1, 0.15) is 46.0 Å².